The molecule has 0 amide bonds. The molecule has 1 aromatic carbocycles. The van der Waals surface area contributed by atoms with E-state index in [-0.39, 0.29) is 12.4 Å². The summed E-state index contributed by atoms with van der Waals surface area (Å²) in [5, 5.41) is 0. The molecule has 0 spiro atoms. The monoisotopic (exact) mass is 239 g/mol. The Kier molecular flexibility index (Phi) is 6.39. The van der Waals surface area contributed by atoms with Crippen LogP contribution in [0.4, 0.5) is 0 Å². The Morgan fingerprint density at radius 2 is 1.81 bits per heavy atom. The van der Waals surface area contributed by atoms with Crippen molar-refractivity contribution in [2.75, 3.05) is 20.6 Å². The maximum Gasteiger partial charge on any atom is 0.133 e. The lowest BCUT2D eigenvalue weighted by atomic mass is 10.0. The average Bonchev–Trinajstić information content (AvgIpc) is 2.19. The second kappa shape index (κ2) is 6.72. The van der Waals surface area contributed by atoms with E-state index in [1.165, 1.54) is 18.5 Å². The summed E-state index contributed by atoms with van der Waals surface area (Å²) in [6.07, 6.45) is 3.26. The summed E-state index contributed by atoms with van der Waals surface area (Å²) < 4.78 is 0.976. The van der Waals surface area contributed by atoms with E-state index in [0.717, 1.165) is 4.48 Å². The molecule has 0 fully saturated rings. The number of likely N-dealkylation sites (N-methyl/N-ethyl adjacent to an activating group) is 1. The first-order chi connectivity index (χ1) is 7.11. The highest BCUT2D eigenvalue weighted by Crippen LogP contribution is 2.26. The minimum absolute atomic E-state index is 0. The second-order valence-corrected chi connectivity index (χ2v) is 4.59. The Labute approximate surface area is 106 Å². The maximum absolute atomic E-state index is 3.97. The summed E-state index contributed by atoms with van der Waals surface area (Å²) in [5.41, 5.74) is 1.35. The first-order valence-electron chi connectivity index (χ1n) is 5.62. The molecule has 0 bridgehead atoms. The molecule has 0 radical (unpaired) electrons. The van der Waals surface area contributed by atoms with Crippen LogP contribution >= 0.6 is 0 Å². The van der Waals surface area contributed by atoms with Crippen LogP contribution in [0.2, 0.25) is 0 Å². The van der Waals surface area contributed by atoms with Crippen molar-refractivity contribution in [2.24, 2.45) is 0 Å². The molecule has 1 nitrogen and oxygen atoms in total. The van der Waals surface area contributed by atoms with Crippen molar-refractivity contribution in [3.63, 3.8) is 0 Å². The molecule has 1 unspecified atom stereocenters. The maximum atomic E-state index is 3.97. The molecule has 0 aliphatic carbocycles. The average molecular weight is 240 g/mol. The summed E-state index contributed by atoms with van der Waals surface area (Å²) in [4.78, 5) is 0. The molecule has 16 heavy (non-hydrogen) atoms. The summed E-state index contributed by atoms with van der Waals surface area (Å²) in [7, 11) is 4.53. The van der Waals surface area contributed by atoms with Crippen molar-refractivity contribution >= 4 is 0 Å². The fourth-order valence-corrected chi connectivity index (χ4v) is 2.19. The number of benzene rings is 1. The van der Waals surface area contributed by atoms with Crippen LogP contribution in [0.5, 0.6) is 0 Å². The van der Waals surface area contributed by atoms with E-state index in [1.807, 2.05) is 0 Å². The van der Waals surface area contributed by atoms with Gasteiger partial charge in [-0.25, -0.2) is 0 Å². The third-order valence-electron chi connectivity index (χ3n) is 2.92. The molecule has 1 aromatic rings. The number of rotatable bonds is 5. The van der Waals surface area contributed by atoms with Crippen LogP contribution in [0, 0.1) is 0 Å². The highest BCUT2D eigenvalue weighted by atomic mass is 35.5. The predicted molar refractivity (Wildman–Crippen MR) is 66.6 cm³/mol. The normalized spacial score (nSPS) is 12.7. The van der Waals surface area contributed by atoms with Gasteiger partial charge in [0.15, 0.2) is 0 Å². The van der Waals surface area contributed by atoms with Crippen LogP contribution in [-0.4, -0.2) is 25.1 Å². The van der Waals surface area contributed by atoms with E-state index in [1.54, 1.807) is 0 Å². The van der Waals surface area contributed by atoms with E-state index in [9.17, 15) is 0 Å². The number of nitrogens with zero attached hydrogens (tertiary/aromatic N) is 1. The van der Waals surface area contributed by atoms with Gasteiger partial charge in [-0.05, 0) is 12.5 Å². The lowest BCUT2D eigenvalue weighted by molar-refractivity contribution is -0.914. The topological polar surface area (TPSA) is 0 Å². The standard InChI is InChI=1S/C14H22N.ClH/c1-5-12-15(3,4)14(6-2)13-10-8-7-9-11-13;/h6-11,14H,2,5,12H2,1,3-4H3;1H/q+1;/p-1. The molecule has 2 heteroatoms. The zero-order chi connectivity index (χ0) is 11.3. The van der Waals surface area contributed by atoms with Crippen LogP contribution < -0.4 is 12.4 Å². The van der Waals surface area contributed by atoms with Crippen molar-refractivity contribution in [1.29, 1.82) is 0 Å². The largest absolute Gasteiger partial charge is 1.00 e. The minimum Gasteiger partial charge on any atom is -1.00 e. The first-order valence-corrected chi connectivity index (χ1v) is 5.62. The van der Waals surface area contributed by atoms with Gasteiger partial charge in [0, 0.05) is 5.56 Å². The molecule has 0 N–H and O–H groups in total. The minimum atomic E-state index is 0. The molecule has 0 saturated heterocycles. The molecular formula is C14H22ClN. The van der Waals surface area contributed by atoms with E-state index in [2.05, 4.69) is 64.0 Å². The second-order valence-electron chi connectivity index (χ2n) is 4.59. The van der Waals surface area contributed by atoms with Crippen molar-refractivity contribution in [1.82, 2.24) is 0 Å². The Bertz CT molecular complexity index is 306. The van der Waals surface area contributed by atoms with Gasteiger partial charge in [0.05, 0.1) is 20.6 Å². The smallest absolute Gasteiger partial charge is 0.133 e. The van der Waals surface area contributed by atoms with Gasteiger partial charge in [0.25, 0.3) is 0 Å². The summed E-state index contributed by atoms with van der Waals surface area (Å²) in [6.45, 7) is 7.37. The molecular weight excluding hydrogens is 218 g/mol. The SMILES string of the molecule is C=CC(c1ccccc1)[N+](C)(C)CCC.[Cl-]. The number of quaternary nitrogens is 1. The third kappa shape index (κ3) is 3.66. The lowest BCUT2D eigenvalue weighted by Crippen LogP contribution is -3.00. The van der Waals surface area contributed by atoms with Gasteiger partial charge in [-0.2, -0.15) is 0 Å². The van der Waals surface area contributed by atoms with Crippen molar-refractivity contribution in [2.45, 2.75) is 19.4 Å². The van der Waals surface area contributed by atoms with E-state index < -0.39 is 0 Å². The van der Waals surface area contributed by atoms with Crippen molar-refractivity contribution in [3.8, 4) is 0 Å². The number of hydrogen-bond acceptors (Lipinski definition) is 0. The third-order valence-corrected chi connectivity index (χ3v) is 2.92. The first kappa shape index (κ1) is 15.2. The fraction of sp³-hybridized carbons (Fsp3) is 0.429. The molecule has 1 rings (SSSR count). The van der Waals surface area contributed by atoms with Crippen LogP contribution in [-0.2, 0) is 0 Å². The molecule has 0 saturated carbocycles. The summed E-state index contributed by atoms with van der Waals surface area (Å²) in [5.74, 6) is 0. The van der Waals surface area contributed by atoms with Gasteiger partial charge in [-0.15, -0.1) is 0 Å². The molecule has 0 heterocycles. The van der Waals surface area contributed by atoms with Gasteiger partial charge >= 0.3 is 0 Å². The number of halogens is 1. The molecule has 0 aromatic heterocycles. The van der Waals surface area contributed by atoms with Crippen LogP contribution in [0.15, 0.2) is 43.0 Å². The Hall–Kier alpha value is -0.790. The molecule has 90 valence electrons. The van der Waals surface area contributed by atoms with Gasteiger partial charge in [0.2, 0.25) is 0 Å². The summed E-state index contributed by atoms with van der Waals surface area (Å²) >= 11 is 0. The highest BCUT2D eigenvalue weighted by molar-refractivity contribution is 5.20. The zero-order valence-corrected chi connectivity index (χ0v) is 11.2. The van der Waals surface area contributed by atoms with Gasteiger partial charge in [0.1, 0.15) is 6.04 Å². The molecule has 0 aliphatic rings. The van der Waals surface area contributed by atoms with E-state index >= 15 is 0 Å². The highest BCUT2D eigenvalue weighted by Gasteiger charge is 2.25. The quantitative estimate of drug-likeness (QED) is 0.516. The lowest BCUT2D eigenvalue weighted by Gasteiger charge is -2.36. The van der Waals surface area contributed by atoms with Gasteiger partial charge in [-0.1, -0.05) is 43.8 Å². The predicted octanol–water partition coefficient (Wildman–Crippen LogP) is 0.404. The van der Waals surface area contributed by atoms with Gasteiger partial charge < -0.3 is 16.9 Å². The number of hydrogen-bond donors (Lipinski definition) is 0. The van der Waals surface area contributed by atoms with E-state index in [4.69, 9.17) is 0 Å². The zero-order valence-electron chi connectivity index (χ0n) is 10.5. The van der Waals surface area contributed by atoms with Crippen LogP contribution in [0.3, 0.4) is 0 Å². The Morgan fingerprint density at radius 1 is 1.25 bits per heavy atom. The fourth-order valence-electron chi connectivity index (χ4n) is 2.19. The Morgan fingerprint density at radius 3 is 2.25 bits per heavy atom. The van der Waals surface area contributed by atoms with Crippen molar-refractivity contribution in [3.05, 3.63) is 48.6 Å². The molecule has 1 atom stereocenters. The van der Waals surface area contributed by atoms with Crippen LogP contribution in [0.25, 0.3) is 0 Å². The Balaban J connectivity index is 0.00000225. The summed E-state index contributed by atoms with van der Waals surface area (Å²) in [6, 6.07) is 11.0. The van der Waals surface area contributed by atoms with Crippen LogP contribution in [0.1, 0.15) is 24.9 Å². The molecule has 0 aliphatic heterocycles. The van der Waals surface area contributed by atoms with Crippen molar-refractivity contribution < 1.29 is 16.9 Å². The van der Waals surface area contributed by atoms with E-state index in [0.29, 0.717) is 6.04 Å². The van der Waals surface area contributed by atoms with Gasteiger partial charge in [-0.3, -0.25) is 0 Å².